The number of methoxy groups -OCH3 is 1. The first-order valence-corrected chi connectivity index (χ1v) is 4.70. The molecule has 15 heavy (non-hydrogen) atoms. The summed E-state index contributed by atoms with van der Waals surface area (Å²) in [6, 6.07) is -0.996. The number of rotatable bonds is 8. The van der Waals surface area contributed by atoms with Gasteiger partial charge in [0.25, 0.3) is 0 Å². The Labute approximate surface area is 88.6 Å². The van der Waals surface area contributed by atoms with Gasteiger partial charge in [0.1, 0.15) is 0 Å². The van der Waals surface area contributed by atoms with Crippen molar-refractivity contribution >= 4 is 11.9 Å². The van der Waals surface area contributed by atoms with Crippen LogP contribution in [0.25, 0.3) is 0 Å². The molecular formula is C9H17NO5. The van der Waals surface area contributed by atoms with Crippen LogP contribution in [0.2, 0.25) is 0 Å². The van der Waals surface area contributed by atoms with Crippen molar-refractivity contribution in [3.05, 3.63) is 0 Å². The summed E-state index contributed by atoms with van der Waals surface area (Å²) in [5, 5.41) is 11.0. The Hall–Kier alpha value is -1.14. The second kappa shape index (κ2) is 8.19. The summed E-state index contributed by atoms with van der Waals surface area (Å²) in [4.78, 5) is 21.8. The van der Waals surface area contributed by atoms with Crippen molar-refractivity contribution in [2.75, 3.05) is 26.9 Å². The molecule has 0 aromatic carbocycles. The largest absolute Gasteiger partial charge is 0.480 e. The van der Waals surface area contributed by atoms with Crippen molar-refractivity contribution in [2.45, 2.75) is 19.4 Å². The SMILES string of the molecule is CCOCCC(=O)NC(COC)C(=O)O. The number of amides is 1. The number of carboxylic acids is 1. The molecule has 0 radical (unpaired) electrons. The van der Waals surface area contributed by atoms with Gasteiger partial charge in [0.05, 0.1) is 13.2 Å². The first-order valence-electron chi connectivity index (χ1n) is 4.70. The zero-order chi connectivity index (χ0) is 11.7. The lowest BCUT2D eigenvalue weighted by atomic mass is 10.3. The van der Waals surface area contributed by atoms with Gasteiger partial charge in [-0.3, -0.25) is 4.79 Å². The normalized spacial score (nSPS) is 12.1. The molecule has 88 valence electrons. The molecule has 0 aliphatic rings. The molecule has 0 saturated heterocycles. The van der Waals surface area contributed by atoms with E-state index < -0.39 is 12.0 Å². The Balaban J connectivity index is 3.84. The Morgan fingerprint density at radius 2 is 2.13 bits per heavy atom. The average Bonchev–Trinajstić information content (AvgIpc) is 2.17. The molecule has 0 heterocycles. The van der Waals surface area contributed by atoms with Crippen molar-refractivity contribution in [2.24, 2.45) is 0 Å². The van der Waals surface area contributed by atoms with E-state index in [1.54, 1.807) is 0 Å². The fourth-order valence-corrected chi connectivity index (χ4v) is 0.917. The number of aliphatic carboxylic acids is 1. The van der Waals surface area contributed by atoms with Gasteiger partial charge in [0.15, 0.2) is 6.04 Å². The predicted octanol–water partition coefficient (Wildman–Crippen LogP) is -0.371. The van der Waals surface area contributed by atoms with Gasteiger partial charge in [-0.2, -0.15) is 0 Å². The van der Waals surface area contributed by atoms with Crippen molar-refractivity contribution < 1.29 is 24.2 Å². The molecule has 2 N–H and O–H groups in total. The van der Waals surface area contributed by atoms with E-state index in [9.17, 15) is 9.59 Å². The van der Waals surface area contributed by atoms with E-state index in [0.717, 1.165) is 0 Å². The third-order valence-electron chi connectivity index (χ3n) is 1.64. The van der Waals surface area contributed by atoms with Crippen LogP contribution >= 0.6 is 0 Å². The minimum atomic E-state index is -1.11. The van der Waals surface area contributed by atoms with E-state index in [1.807, 2.05) is 6.92 Å². The Bertz CT molecular complexity index is 207. The lowest BCUT2D eigenvalue weighted by Gasteiger charge is -2.13. The summed E-state index contributed by atoms with van der Waals surface area (Å²) >= 11 is 0. The van der Waals surface area contributed by atoms with Gasteiger partial charge >= 0.3 is 5.97 Å². The first kappa shape index (κ1) is 13.9. The highest BCUT2D eigenvalue weighted by Crippen LogP contribution is 1.89. The molecule has 0 aromatic rings. The number of ether oxygens (including phenoxy) is 2. The molecule has 6 nitrogen and oxygen atoms in total. The second-order valence-electron chi connectivity index (χ2n) is 2.86. The Morgan fingerprint density at radius 1 is 1.47 bits per heavy atom. The van der Waals surface area contributed by atoms with Gasteiger partial charge in [0.2, 0.25) is 5.91 Å². The molecule has 0 spiro atoms. The van der Waals surface area contributed by atoms with Crippen LogP contribution in [-0.4, -0.2) is 50.0 Å². The van der Waals surface area contributed by atoms with Crippen LogP contribution in [0, 0.1) is 0 Å². The molecule has 6 heteroatoms. The number of carboxylic acid groups (broad SMARTS) is 1. The molecule has 0 aliphatic heterocycles. The molecule has 0 saturated carbocycles. The van der Waals surface area contributed by atoms with Crippen LogP contribution in [-0.2, 0) is 19.1 Å². The van der Waals surface area contributed by atoms with E-state index in [2.05, 4.69) is 10.1 Å². The average molecular weight is 219 g/mol. The number of hydrogen-bond donors (Lipinski definition) is 2. The summed E-state index contributed by atoms with van der Waals surface area (Å²) < 4.78 is 9.63. The highest BCUT2D eigenvalue weighted by Gasteiger charge is 2.19. The lowest BCUT2D eigenvalue weighted by Crippen LogP contribution is -2.44. The van der Waals surface area contributed by atoms with E-state index >= 15 is 0 Å². The van der Waals surface area contributed by atoms with Crippen LogP contribution in [0.15, 0.2) is 0 Å². The van der Waals surface area contributed by atoms with Gasteiger partial charge < -0.3 is 19.9 Å². The topological polar surface area (TPSA) is 84.9 Å². The van der Waals surface area contributed by atoms with Crippen LogP contribution in [0.3, 0.4) is 0 Å². The maximum Gasteiger partial charge on any atom is 0.328 e. The molecule has 1 amide bonds. The monoisotopic (exact) mass is 219 g/mol. The molecule has 0 aliphatic carbocycles. The number of carbonyl (C=O) groups is 2. The summed E-state index contributed by atoms with van der Waals surface area (Å²) in [5.41, 5.74) is 0. The summed E-state index contributed by atoms with van der Waals surface area (Å²) in [6.07, 6.45) is 0.154. The third-order valence-corrected chi connectivity index (χ3v) is 1.64. The quantitative estimate of drug-likeness (QED) is 0.544. The van der Waals surface area contributed by atoms with Crippen LogP contribution in [0.4, 0.5) is 0 Å². The van der Waals surface area contributed by atoms with Crippen molar-refractivity contribution in [3.63, 3.8) is 0 Å². The summed E-state index contributed by atoms with van der Waals surface area (Å²) in [7, 11) is 1.38. The number of carbonyl (C=O) groups excluding carboxylic acids is 1. The van der Waals surface area contributed by atoms with E-state index in [-0.39, 0.29) is 18.9 Å². The highest BCUT2D eigenvalue weighted by atomic mass is 16.5. The molecule has 0 aromatic heterocycles. The first-order chi connectivity index (χ1) is 7.11. The summed E-state index contributed by atoms with van der Waals surface area (Å²) in [6.45, 7) is 2.61. The molecule has 0 fully saturated rings. The van der Waals surface area contributed by atoms with Gasteiger partial charge in [-0.25, -0.2) is 4.79 Å². The minimum Gasteiger partial charge on any atom is -0.480 e. The molecule has 0 bridgehead atoms. The van der Waals surface area contributed by atoms with Crippen LogP contribution < -0.4 is 5.32 Å². The Morgan fingerprint density at radius 3 is 2.60 bits per heavy atom. The lowest BCUT2D eigenvalue weighted by molar-refractivity contribution is -0.143. The highest BCUT2D eigenvalue weighted by molar-refractivity contribution is 5.83. The van der Waals surface area contributed by atoms with E-state index in [0.29, 0.717) is 13.2 Å². The van der Waals surface area contributed by atoms with Crippen LogP contribution in [0.5, 0.6) is 0 Å². The van der Waals surface area contributed by atoms with Crippen molar-refractivity contribution in [3.8, 4) is 0 Å². The minimum absolute atomic E-state index is 0.0459. The molecule has 0 rings (SSSR count). The zero-order valence-electron chi connectivity index (χ0n) is 8.99. The molecule has 1 unspecified atom stereocenters. The Kier molecular flexibility index (Phi) is 7.57. The fourth-order valence-electron chi connectivity index (χ4n) is 0.917. The van der Waals surface area contributed by atoms with E-state index in [1.165, 1.54) is 7.11 Å². The maximum atomic E-state index is 11.2. The van der Waals surface area contributed by atoms with Crippen molar-refractivity contribution in [1.29, 1.82) is 0 Å². The smallest absolute Gasteiger partial charge is 0.328 e. The van der Waals surface area contributed by atoms with Gasteiger partial charge in [-0.1, -0.05) is 0 Å². The second-order valence-corrected chi connectivity index (χ2v) is 2.86. The van der Waals surface area contributed by atoms with E-state index in [4.69, 9.17) is 9.84 Å². The fraction of sp³-hybridized carbons (Fsp3) is 0.778. The maximum absolute atomic E-state index is 11.2. The molecule has 1 atom stereocenters. The number of nitrogens with one attached hydrogen (secondary N) is 1. The van der Waals surface area contributed by atoms with Crippen LogP contribution in [0.1, 0.15) is 13.3 Å². The molecular weight excluding hydrogens is 202 g/mol. The standard InChI is InChI=1S/C9H17NO5/c1-3-15-5-4-8(11)10-7(6-14-2)9(12)13/h7H,3-6H2,1-2H3,(H,10,11)(H,12,13). The number of hydrogen-bond acceptors (Lipinski definition) is 4. The van der Waals surface area contributed by atoms with Crippen molar-refractivity contribution in [1.82, 2.24) is 5.32 Å². The van der Waals surface area contributed by atoms with Gasteiger partial charge in [0, 0.05) is 20.1 Å². The third kappa shape index (κ3) is 6.87. The van der Waals surface area contributed by atoms with Gasteiger partial charge in [-0.05, 0) is 6.92 Å². The van der Waals surface area contributed by atoms with Gasteiger partial charge in [-0.15, -0.1) is 0 Å². The zero-order valence-corrected chi connectivity index (χ0v) is 8.99. The predicted molar refractivity (Wildman–Crippen MR) is 52.6 cm³/mol. The summed E-state index contributed by atoms with van der Waals surface area (Å²) in [5.74, 6) is -1.46.